The molecule has 1 unspecified atom stereocenters. The predicted molar refractivity (Wildman–Crippen MR) is 81.2 cm³/mol. The number of aromatic nitrogens is 4. The molecule has 102 valence electrons. The maximum atomic E-state index is 4.23. The predicted octanol–water partition coefficient (Wildman–Crippen LogP) is 3.60. The Balaban J connectivity index is 0.000000902. The van der Waals surface area contributed by atoms with Gasteiger partial charge in [0.05, 0.1) is 29.7 Å². The van der Waals surface area contributed by atoms with Crippen LogP contribution in [0.15, 0.2) is 43.2 Å². The van der Waals surface area contributed by atoms with E-state index in [1.54, 1.807) is 6.33 Å². The molecule has 0 spiro atoms. The smallest absolute Gasteiger partial charge is 0.0951 e. The summed E-state index contributed by atoms with van der Waals surface area (Å²) in [6, 6.07) is 6.69. The Morgan fingerprint density at radius 2 is 2.16 bits per heavy atom. The van der Waals surface area contributed by atoms with Crippen molar-refractivity contribution in [3.05, 3.63) is 48.8 Å². The molecule has 6 heteroatoms. The van der Waals surface area contributed by atoms with E-state index in [1.165, 1.54) is 5.56 Å². The molecule has 0 saturated heterocycles. The quantitative estimate of drug-likeness (QED) is 0.803. The zero-order valence-corrected chi connectivity index (χ0v) is 12.1. The molecular weight excluding hydrogens is 283 g/mol. The van der Waals surface area contributed by atoms with E-state index in [-0.39, 0.29) is 24.8 Å². The molecule has 0 aliphatic heterocycles. The molecule has 0 radical (unpaired) electrons. The fourth-order valence-corrected chi connectivity index (χ4v) is 2.23. The standard InChI is InChI=1S/C13H14N4.2ClH/c1-2-13(17-6-5-14-9-17)10-3-4-11-12(7-10)16-8-15-11;;/h3-9,13H,2H2,1H3,(H,15,16);2*1H. The minimum Gasteiger partial charge on any atom is -0.345 e. The summed E-state index contributed by atoms with van der Waals surface area (Å²) in [5.41, 5.74) is 3.37. The molecule has 4 nitrogen and oxygen atoms in total. The fourth-order valence-electron chi connectivity index (χ4n) is 2.23. The molecule has 0 fully saturated rings. The van der Waals surface area contributed by atoms with Crippen molar-refractivity contribution in [2.45, 2.75) is 19.4 Å². The molecule has 2 aromatic heterocycles. The molecule has 3 aromatic rings. The molecule has 3 rings (SSSR count). The second-order valence-corrected chi connectivity index (χ2v) is 4.11. The van der Waals surface area contributed by atoms with Crippen molar-refractivity contribution in [2.24, 2.45) is 0 Å². The number of nitrogens with one attached hydrogen (secondary N) is 1. The van der Waals surface area contributed by atoms with Gasteiger partial charge in [0.2, 0.25) is 0 Å². The van der Waals surface area contributed by atoms with Crippen LogP contribution in [0, 0.1) is 0 Å². The summed E-state index contributed by atoms with van der Waals surface area (Å²) in [6.07, 6.45) is 8.46. The number of rotatable bonds is 3. The minimum absolute atomic E-state index is 0. The first-order chi connectivity index (χ1) is 8.38. The van der Waals surface area contributed by atoms with Crippen molar-refractivity contribution in [3.63, 3.8) is 0 Å². The van der Waals surface area contributed by atoms with Gasteiger partial charge >= 0.3 is 0 Å². The highest BCUT2D eigenvalue weighted by molar-refractivity contribution is 5.85. The lowest BCUT2D eigenvalue weighted by Gasteiger charge is -2.16. The van der Waals surface area contributed by atoms with E-state index in [1.807, 2.05) is 18.7 Å². The molecule has 0 aliphatic carbocycles. The van der Waals surface area contributed by atoms with Gasteiger partial charge in [0, 0.05) is 12.4 Å². The lowest BCUT2D eigenvalue weighted by atomic mass is 10.0. The van der Waals surface area contributed by atoms with E-state index in [9.17, 15) is 0 Å². The highest BCUT2D eigenvalue weighted by Gasteiger charge is 2.11. The number of imidazole rings is 2. The molecule has 1 aromatic carbocycles. The Morgan fingerprint density at radius 3 is 2.84 bits per heavy atom. The number of hydrogen-bond acceptors (Lipinski definition) is 2. The van der Waals surface area contributed by atoms with Crippen molar-refractivity contribution in [1.82, 2.24) is 19.5 Å². The number of nitrogens with zero attached hydrogens (tertiary/aromatic N) is 3. The van der Waals surface area contributed by atoms with Crippen LogP contribution < -0.4 is 0 Å². The summed E-state index contributed by atoms with van der Waals surface area (Å²) in [5.74, 6) is 0. The van der Waals surface area contributed by atoms with Crippen LogP contribution in [0.1, 0.15) is 24.9 Å². The van der Waals surface area contributed by atoms with E-state index in [0.717, 1.165) is 17.5 Å². The van der Waals surface area contributed by atoms with Crippen molar-refractivity contribution in [3.8, 4) is 0 Å². The van der Waals surface area contributed by atoms with Crippen LogP contribution in [0.25, 0.3) is 11.0 Å². The second-order valence-electron chi connectivity index (χ2n) is 4.11. The van der Waals surface area contributed by atoms with Crippen LogP contribution in [0.4, 0.5) is 0 Å². The maximum Gasteiger partial charge on any atom is 0.0951 e. The lowest BCUT2D eigenvalue weighted by Crippen LogP contribution is -2.07. The second kappa shape index (κ2) is 6.59. The Bertz CT molecular complexity index is 618. The van der Waals surface area contributed by atoms with E-state index in [0.29, 0.717) is 6.04 Å². The van der Waals surface area contributed by atoms with Crippen molar-refractivity contribution < 1.29 is 0 Å². The van der Waals surface area contributed by atoms with Gasteiger partial charge in [-0.25, -0.2) is 9.97 Å². The molecule has 1 N–H and O–H groups in total. The molecule has 19 heavy (non-hydrogen) atoms. The van der Waals surface area contributed by atoms with Crippen LogP contribution in [-0.2, 0) is 0 Å². The van der Waals surface area contributed by atoms with Gasteiger partial charge in [-0.05, 0) is 24.1 Å². The Morgan fingerprint density at radius 1 is 1.32 bits per heavy atom. The van der Waals surface area contributed by atoms with Gasteiger partial charge in [-0.1, -0.05) is 13.0 Å². The van der Waals surface area contributed by atoms with Crippen LogP contribution >= 0.6 is 24.8 Å². The van der Waals surface area contributed by atoms with Crippen molar-refractivity contribution in [1.29, 1.82) is 0 Å². The van der Waals surface area contributed by atoms with Gasteiger partial charge in [0.1, 0.15) is 0 Å². The van der Waals surface area contributed by atoms with Crippen LogP contribution in [0.3, 0.4) is 0 Å². The van der Waals surface area contributed by atoms with Crippen molar-refractivity contribution >= 4 is 35.8 Å². The van der Waals surface area contributed by atoms with E-state index >= 15 is 0 Å². The summed E-state index contributed by atoms with van der Waals surface area (Å²) in [7, 11) is 0. The third kappa shape index (κ3) is 2.91. The molecular formula is C13H16Cl2N4. The van der Waals surface area contributed by atoms with Crippen molar-refractivity contribution in [2.75, 3.05) is 0 Å². The molecule has 0 bridgehead atoms. The van der Waals surface area contributed by atoms with Gasteiger partial charge in [-0.2, -0.15) is 0 Å². The normalized spacial score (nSPS) is 11.6. The van der Waals surface area contributed by atoms with E-state index in [4.69, 9.17) is 0 Å². The number of hydrogen-bond donors (Lipinski definition) is 1. The fraction of sp³-hybridized carbons (Fsp3) is 0.231. The Kier molecular flexibility index (Phi) is 5.39. The average Bonchev–Trinajstić information content (AvgIpc) is 2.99. The van der Waals surface area contributed by atoms with E-state index < -0.39 is 0 Å². The topological polar surface area (TPSA) is 46.5 Å². The van der Waals surface area contributed by atoms with Gasteiger partial charge in [-0.15, -0.1) is 24.8 Å². The van der Waals surface area contributed by atoms with Gasteiger partial charge in [0.25, 0.3) is 0 Å². The Labute approximate surface area is 124 Å². The molecule has 0 saturated carbocycles. The van der Waals surface area contributed by atoms with Gasteiger partial charge in [0.15, 0.2) is 0 Å². The number of fused-ring (bicyclic) bond motifs is 1. The third-order valence-electron chi connectivity index (χ3n) is 3.10. The summed E-state index contributed by atoms with van der Waals surface area (Å²) in [6.45, 7) is 2.18. The average molecular weight is 299 g/mol. The molecule has 0 aliphatic rings. The Hall–Kier alpha value is -1.52. The maximum absolute atomic E-state index is 4.23. The van der Waals surface area contributed by atoms with Crippen LogP contribution in [0.2, 0.25) is 0 Å². The number of aromatic amines is 1. The summed E-state index contributed by atoms with van der Waals surface area (Å²) in [4.78, 5) is 11.5. The molecule has 1 atom stereocenters. The first-order valence-electron chi connectivity index (χ1n) is 5.79. The summed E-state index contributed by atoms with van der Waals surface area (Å²) < 4.78 is 2.14. The number of H-pyrrole nitrogens is 1. The summed E-state index contributed by atoms with van der Waals surface area (Å²) >= 11 is 0. The van der Waals surface area contributed by atoms with E-state index in [2.05, 4.69) is 44.6 Å². The molecule has 2 heterocycles. The molecule has 0 amide bonds. The monoisotopic (exact) mass is 298 g/mol. The van der Waals surface area contributed by atoms with Crippen LogP contribution in [-0.4, -0.2) is 19.5 Å². The number of halogens is 2. The first kappa shape index (κ1) is 15.5. The zero-order chi connectivity index (χ0) is 11.7. The largest absolute Gasteiger partial charge is 0.345 e. The van der Waals surface area contributed by atoms with Gasteiger partial charge < -0.3 is 9.55 Å². The minimum atomic E-state index is 0. The lowest BCUT2D eigenvalue weighted by molar-refractivity contribution is 0.567. The number of benzene rings is 1. The first-order valence-corrected chi connectivity index (χ1v) is 5.79. The summed E-state index contributed by atoms with van der Waals surface area (Å²) in [5, 5.41) is 0. The SMILES string of the molecule is CCC(c1ccc2nc[nH]c2c1)n1ccnc1.Cl.Cl. The highest BCUT2D eigenvalue weighted by Crippen LogP contribution is 2.24. The van der Waals surface area contributed by atoms with Gasteiger partial charge in [-0.3, -0.25) is 0 Å². The third-order valence-corrected chi connectivity index (χ3v) is 3.10. The van der Waals surface area contributed by atoms with Crippen LogP contribution in [0.5, 0.6) is 0 Å². The highest BCUT2D eigenvalue weighted by atomic mass is 35.5. The zero-order valence-electron chi connectivity index (χ0n) is 10.5.